The van der Waals surface area contributed by atoms with Crippen LogP contribution in [0.5, 0.6) is 0 Å². The van der Waals surface area contributed by atoms with E-state index in [4.69, 9.17) is 0 Å². The summed E-state index contributed by atoms with van der Waals surface area (Å²) in [6.07, 6.45) is 2.50. The van der Waals surface area contributed by atoms with Gasteiger partial charge in [-0.1, -0.05) is 5.16 Å². The molecular formula is C4H8N2O2S. The van der Waals surface area contributed by atoms with Gasteiger partial charge in [0.25, 0.3) is 0 Å². The van der Waals surface area contributed by atoms with Crippen molar-refractivity contribution >= 4 is 24.1 Å². The lowest BCUT2D eigenvalue weighted by molar-refractivity contribution is 0.162. The molecule has 0 bridgehead atoms. The summed E-state index contributed by atoms with van der Waals surface area (Å²) in [5.74, 6) is 0.716. The Hall–Kier alpha value is -0.710. The van der Waals surface area contributed by atoms with E-state index < -0.39 is 6.09 Å². The van der Waals surface area contributed by atoms with Gasteiger partial charge in [0, 0.05) is 5.75 Å². The second kappa shape index (κ2) is 5.43. The third-order valence-corrected chi connectivity index (χ3v) is 0.941. The molecule has 0 heterocycles. The van der Waals surface area contributed by atoms with Crippen molar-refractivity contribution in [2.45, 2.75) is 0 Å². The maximum Gasteiger partial charge on any atom is 0.430 e. The molecule has 9 heavy (non-hydrogen) atoms. The van der Waals surface area contributed by atoms with Crippen LogP contribution in [0.1, 0.15) is 0 Å². The first kappa shape index (κ1) is 8.29. The minimum atomic E-state index is -0.882. The van der Waals surface area contributed by atoms with Gasteiger partial charge in [-0.2, -0.15) is 11.8 Å². The summed E-state index contributed by atoms with van der Waals surface area (Å²) in [5.41, 5.74) is 4.59. The maximum atomic E-state index is 9.84. The van der Waals surface area contributed by atoms with Crippen molar-refractivity contribution < 1.29 is 9.63 Å². The fraction of sp³-hybridized carbons (Fsp3) is 0.500. The zero-order chi connectivity index (χ0) is 7.11. The van der Waals surface area contributed by atoms with Crippen LogP contribution in [0, 0.1) is 0 Å². The molecule has 0 aliphatic heterocycles. The Bertz CT molecular complexity index is 115. The first-order chi connectivity index (χ1) is 4.27. The van der Waals surface area contributed by atoms with Crippen LogP contribution in [0.15, 0.2) is 5.16 Å². The van der Waals surface area contributed by atoms with E-state index in [9.17, 15) is 4.79 Å². The third kappa shape index (κ3) is 7.29. The van der Waals surface area contributed by atoms with E-state index in [1.54, 1.807) is 11.8 Å². The van der Waals surface area contributed by atoms with E-state index in [1.807, 2.05) is 6.26 Å². The molecule has 1 amide bonds. The molecule has 0 spiro atoms. The highest BCUT2D eigenvalue weighted by Gasteiger charge is 1.85. The van der Waals surface area contributed by atoms with Gasteiger partial charge in [0.05, 0.1) is 6.21 Å². The smallest absolute Gasteiger partial charge is 0.333 e. The molecule has 0 aromatic carbocycles. The zero-order valence-electron chi connectivity index (χ0n) is 5.03. The van der Waals surface area contributed by atoms with Crippen molar-refractivity contribution in [1.29, 1.82) is 0 Å². The largest absolute Gasteiger partial charge is 0.430 e. The van der Waals surface area contributed by atoms with Crippen LogP contribution in [0.4, 0.5) is 4.79 Å². The molecule has 0 rings (SSSR count). The molecule has 0 aromatic rings. The number of carbonyl (C=O) groups is 1. The summed E-state index contributed by atoms with van der Waals surface area (Å²) in [4.78, 5) is 13.9. The first-order valence-corrected chi connectivity index (χ1v) is 3.64. The molecule has 0 unspecified atom stereocenters. The summed E-state index contributed by atoms with van der Waals surface area (Å²) in [5, 5.41) is 3.24. The standard InChI is InChI=1S/C4H8N2O2S/c1-9-3-2-6-8-4(5)7/h2H,3H2,1H3,(H2,5,7). The topological polar surface area (TPSA) is 64.7 Å². The molecule has 0 aliphatic rings. The van der Waals surface area contributed by atoms with Crippen molar-refractivity contribution in [1.82, 2.24) is 0 Å². The SMILES string of the molecule is CSCC=NOC(N)=O. The van der Waals surface area contributed by atoms with Crippen LogP contribution < -0.4 is 5.73 Å². The minimum Gasteiger partial charge on any atom is -0.333 e. The molecule has 0 aromatic heterocycles. The van der Waals surface area contributed by atoms with E-state index in [1.165, 1.54) is 6.21 Å². The van der Waals surface area contributed by atoms with Gasteiger partial charge in [0.15, 0.2) is 0 Å². The zero-order valence-corrected chi connectivity index (χ0v) is 5.85. The van der Waals surface area contributed by atoms with Gasteiger partial charge < -0.3 is 5.73 Å². The molecule has 0 atom stereocenters. The van der Waals surface area contributed by atoms with Crippen molar-refractivity contribution in [2.24, 2.45) is 10.9 Å². The normalized spacial score (nSPS) is 9.89. The van der Waals surface area contributed by atoms with Gasteiger partial charge in [0.1, 0.15) is 0 Å². The summed E-state index contributed by atoms with van der Waals surface area (Å²) in [7, 11) is 0. The second-order valence-corrected chi connectivity index (χ2v) is 2.06. The van der Waals surface area contributed by atoms with E-state index in [0.717, 1.165) is 0 Å². The highest BCUT2D eigenvalue weighted by Crippen LogP contribution is 1.85. The molecule has 0 saturated heterocycles. The monoisotopic (exact) mass is 148 g/mol. The number of carbonyl (C=O) groups excluding carboxylic acids is 1. The number of hydrogen-bond donors (Lipinski definition) is 1. The molecule has 0 radical (unpaired) electrons. The number of nitrogens with two attached hydrogens (primary N) is 1. The Labute approximate surface area is 57.4 Å². The fourth-order valence-corrected chi connectivity index (χ4v) is 0.404. The van der Waals surface area contributed by atoms with E-state index >= 15 is 0 Å². The number of primary amides is 1. The average molecular weight is 148 g/mol. The van der Waals surface area contributed by atoms with Crippen LogP contribution in [-0.4, -0.2) is 24.3 Å². The van der Waals surface area contributed by atoms with Gasteiger partial charge in [-0.15, -0.1) is 0 Å². The van der Waals surface area contributed by atoms with Gasteiger partial charge in [-0.25, -0.2) is 4.79 Å². The molecule has 5 heteroatoms. The maximum absolute atomic E-state index is 9.84. The molecule has 0 saturated carbocycles. The highest BCUT2D eigenvalue weighted by atomic mass is 32.2. The molecule has 4 nitrogen and oxygen atoms in total. The number of nitrogens with zero attached hydrogens (tertiary/aromatic N) is 1. The van der Waals surface area contributed by atoms with Crippen molar-refractivity contribution in [2.75, 3.05) is 12.0 Å². The minimum absolute atomic E-state index is 0.716. The molecule has 52 valence electrons. The molecule has 0 aliphatic carbocycles. The number of oxime groups is 1. The van der Waals surface area contributed by atoms with Gasteiger partial charge in [0.2, 0.25) is 0 Å². The van der Waals surface area contributed by atoms with E-state index in [0.29, 0.717) is 5.75 Å². The Morgan fingerprint density at radius 1 is 2.00 bits per heavy atom. The number of rotatable bonds is 3. The van der Waals surface area contributed by atoms with Crippen molar-refractivity contribution in [3.63, 3.8) is 0 Å². The summed E-state index contributed by atoms with van der Waals surface area (Å²) in [6.45, 7) is 0. The lowest BCUT2D eigenvalue weighted by Crippen LogP contribution is -2.09. The van der Waals surface area contributed by atoms with Crippen molar-refractivity contribution in [3.8, 4) is 0 Å². The highest BCUT2D eigenvalue weighted by molar-refractivity contribution is 7.99. The Balaban J connectivity index is 3.14. The van der Waals surface area contributed by atoms with Gasteiger partial charge in [-0.3, -0.25) is 4.84 Å². The lowest BCUT2D eigenvalue weighted by atomic mass is 10.9. The van der Waals surface area contributed by atoms with E-state index in [2.05, 4.69) is 15.7 Å². The van der Waals surface area contributed by atoms with Crippen LogP contribution >= 0.6 is 11.8 Å². The van der Waals surface area contributed by atoms with Gasteiger partial charge in [-0.05, 0) is 6.26 Å². The van der Waals surface area contributed by atoms with Crippen LogP contribution in [0.3, 0.4) is 0 Å². The first-order valence-electron chi connectivity index (χ1n) is 2.24. The third-order valence-electron chi connectivity index (χ3n) is 0.458. The predicted molar refractivity (Wildman–Crippen MR) is 37.5 cm³/mol. The molecule has 0 fully saturated rings. The quantitative estimate of drug-likeness (QED) is 0.358. The summed E-state index contributed by atoms with van der Waals surface area (Å²) < 4.78 is 0. The average Bonchev–Trinajstić information content (AvgIpc) is 1.80. The second-order valence-electron chi connectivity index (χ2n) is 1.15. The molecule has 2 N–H and O–H groups in total. The Morgan fingerprint density at radius 2 is 2.67 bits per heavy atom. The number of hydrogen-bond acceptors (Lipinski definition) is 4. The fourth-order valence-electron chi connectivity index (χ4n) is 0.194. The van der Waals surface area contributed by atoms with Crippen LogP contribution in [0.2, 0.25) is 0 Å². The van der Waals surface area contributed by atoms with Crippen LogP contribution in [-0.2, 0) is 4.84 Å². The molecular weight excluding hydrogens is 140 g/mol. The van der Waals surface area contributed by atoms with Crippen LogP contribution in [0.25, 0.3) is 0 Å². The Morgan fingerprint density at radius 3 is 3.11 bits per heavy atom. The van der Waals surface area contributed by atoms with Crippen molar-refractivity contribution in [3.05, 3.63) is 0 Å². The van der Waals surface area contributed by atoms with E-state index in [-0.39, 0.29) is 0 Å². The predicted octanol–water partition coefficient (Wildman–Crippen LogP) is 0.431. The summed E-state index contributed by atoms with van der Waals surface area (Å²) in [6, 6.07) is 0. The lowest BCUT2D eigenvalue weighted by Gasteiger charge is -1.86. The van der Waals surface area contributed by atoms with Gasteiger partial charge >= 0.3 is 6.09 Å². The Kier molecular flexibility index (Phi) is 5.00. The summed E-state index contributed by atoms with van der Waals surface area (Å²) >= 11 is 1.57. The number of amides is 1. The number of thioether (sulfide) groups is 1.